The number of hydrogen-bond donors (Lipinski definition) is 1. The number of hydrogen-bond acceptors (Lipinski definition) is 8. The van der Waals surface area contributed by atoms with Gasteiger partial charge in [0, 0.05) is 68.7 Å². The van der Waals surface area contributed by atoms with Crippen LogP contribution in [0.15, 0.2) is 36.7 Å². The van der Waals surface area contributed by atoms with Crippen molar-refractivity contribution in [2.45, 2.75) is 74.4 Å². The first kappa shape index (κ1) is 34.2. The van der Waals surface area contributed by atoms with Crippen LogP contribution in [0.3, 0.4) is 0 Å². The number of ether oxygens (including phenoxy) is 1. The lowest BCUT2D eigenvalue weighted by molar-refractivity contribution is -0.131. The Morgan fingerprint density at radius 1 is 1.20 bits per heavy atom. The maximum Gasteiger partial charge on any atom is 0.318 e. The summed E-state index contributed by atoms with van der Waals surface area (Å²) in [6.07, 6.45) is 10.7. The van der Waals surface area contributed by atoms with Gasteiger partial charge in [-0.05, 0) is 62.3 Å². The van der Waals surface area contributed by atoms with Crippen LogP contribution in [-0.4, -0.2) is 108 Å². The number of fused-ring (bicyclic) bond motifs is 4. The minimum absolute atomic E-state index is 0.0616. The molecule has 3 saturated heterocycles. The Morgan fingerprint density at radius 3 is 2.82 bits per heavy atom. The molecule has 1 aromatic carbocycles. The van der Waals surface area contributed by atoms with E-state index < -0.39 is 17.8 Å². The summed E-state index contributed by atoms with van der Waals surface area (Å²) in [5.74, 6) is -1.05. The van der Waals surface area contributed by atoms with Crippen molar-refractivity contribution < 1.29 is 18.7 Å². The van der Waals surface area contributed by atoms with Crippen LogP contribution in [0.5, 0.6) is 6.01 Å². The molecule has 4 atom stereocenters. The number of aromatic nitrogens is 2. The number of urea groups is 1. The highest BCUT2D eigenvalue weighted by Crippen LogP contribution is 2.48. The lowest BCUT2D eigenvalue weighted by Gasteiger charge is -2.42. The van der Waals surface area contributed by atoms with E-state index in [2.05, 4.69) is 46.0 Å². The van der Waals surface area contributed by atoms with Crippen molar-refractivity contribution in [2.24, 2.45) is 0 Å². The SMILES string of the molecule is C=C(F)C(=O)N1CCN(c2nc(OCC34CCCN3C(CNC(=O)N(C)C)CC4)nc3c2CC[C@@]2(C=Cc4c(Cl)cccc42)C3)C[C@@H]1CC#N. The van der Waals surface area contributed by atoms with E-state index in [0.717, 1.165) is 72.7 Å². The topological polar surface area (TPSA) is 118 Å². The van der Waals surface area contributed by atoms with Gasteiger partial charge in [0.05, 0.1) is 29.8 Å². The van der Waals surface area contributed by atoms with Crippen molar-refractivity contribution in [1.82, 2.24) is 30.0 Å². The first-order chi connectivity index (χ1) is 24.0. The van der Waals surface area contributed by atoms with E-state index in [1.807, 2.05) is 12.1 Å². The number of nitrogens with zero attached hydrogens (tertiary/aromatic N) is 7. The number of halogens is 2. The molecule has 2 aromatic rings. The van der Waals surface area contributed by atoms with Gasteiger partial charge in [-0.2, -0.15) is 15.2 Å². The van der Waals surface area contributed by atoms with Gasteiger partial charge >= 0.3 is 12.0 Å². The number of nitrogens with one attached hydrogen (secondary N) is 1. The largest absolute Gasteiger partial charge is 0.461 e. The maximum absolute atomic E-state index is 13.9. The summed E-state index contributed by atoms with van der Waals surface area (Å²) in [5.41, 5.74) is 3.80. The smallest absolute Gasteiger partial charge is 0.318 e. The van der Waals surface area contributed by atoms with E-state index >= 15 is 0 Å². The second-order valence-corrected chi connectivity index (χ2v) is 15.0. The van der Waals surface area contributed by atoms with Gasteiger partial charge in [-0.1, -0.05) is 42.5 Å². The average molecular weight is 703 g/mol. The zero-order chi connectivity index (χ0) is 35.2. The second kappa shape index (κ2) is 13.5. The van der Waals surface area contributed by atoms with Gasteiger partial charge in [-0.15, -0.1) is 0 Å². The fourth-order valence-electron chi connectivity index (χ4n) is 8.95. The molecule has 0 bridgehead atoms. The molecule has 0 saturated carbocycles. The molecule has 4 heterocycles. The van der Waals surface area contributed by atoms with Gasteiger partial charge in [-0.25, -0.2) is 9.18 Å². The van der Waals surface area contributed by atoms with E-state index in [4.69, 9.17) is 26.3 Å². The molecule has 3 amide bonds. The van der Waals surface area contributed by atoms with Gasteiger partial charge in [-0.3, -0.25) is 9.69 Å². The number of benzene rings is 1. The number of anilines is 1. The van der Waals surface area contributed by atoms with Crippen LogP contribution in [0.25, 0.3) is 6.08 Å². The van der Waals surface area contributed by atoms with E-state index in [9.17, 15) is 19.2 Å². The molecule has 1 spiro atoms. The Hall–Kier alpha value is -4.21. The molecular weight excluding hydrogens is 659 g/mol. The number of nitriles is 1. The highest BCUT2D eigenvalue weighted by molar-refractivity contribution is 6.32. The van der Waals surface area contributed by atoms with Crippen molar-refractivity contribution in [3.8, 4) is 12.1 Å². The van der Waals surface area contributed by atoms with Crippen molar-refractivity contribution in [3.05, 3.63) is 64.1 Å². The molecule has 2 unspecified atom stereocenters. The molecule has 7 rings (SSSR count). The first-order valence-corrected chi connectivity index (χ1v) is 17.9. The first-order valence-electron chi connectivity index (χ1n) is 17.5. The van der Waals surface area contributed by atoms with Crippen molar-refractivity contribution in [1.29, 1.82) is 5.26 Å². The minimum Gasteiger partial charge on any atom is -0.461 e. The Labute approximate surface area is 297 Å². The summed E-state index contributed by atoms with van der Waals surface area (Å²) in [4.78, 5) is 42.6. The van der Waals surface area contributed by atoms with Crippen molar-refractivity contribution >= 4 is 35.4 Å². The number of rotatable bonds is 8. The fourth-order valence-corrected chi connectivity index (χ4v) is 9.18. The third-order valence-corrected chi connectivity index (χ3v) is 11.8. The van der Waals surface area contributed by atoms with Crippen molar-refractivity contribution in [2.75, 3.05) is 58.3 Å². The number of carbonyl (C=O) groups excluding carboxylic acids is 2. The van der Waals surface area contributed by atoms with Crippen LogP contribution < -0.4 is 15.0 Å². The summed E-state index contributed by atoms with van der Waals surface area (Å²) >= 11 is 6.61. The predicted octanol–water partition coefficient (Wildman–Crippen LogP) is 4.64. The summed E-state index contributed by atoms with van der Waals surface area (Å²) < 4.78 is 20.6. The zero-order valence-corrected chi connectivity index (χ0v) is 29.5. The third kappa shape index (κ3) is 6.08. The molecule has 3 aliphatic heterocycles. The molecule has 50 heavy (non-hydrogen) atoms. The third-order valence-electron chi connectivity index (χ3n) is 11.5. The molecule has 0 radical (unpaired) electrons. The Bertz CT molecular complexity index is 1780. The van der Waals surface area contributed by atoms with Gasteiger partial charge in [0.15, 0.2) is 5.83 Å². The molecule has 264 valence electrons. The second-order valence-electron chi connectivity index (χ2n) is 14.6. The highest BCUT2D eigenvalue weighted by Gasteiger charge is 2.50. The fraction of sp³-hybridized carbons (Fsp3) is 0.541. The molecule has 1 aromatic heterocycles. The van der Waals surface area contributed by atoms with Crippen molar-refractivity contribution in [3.63, 3.8) is 0 Å². The van der Waals surface area contributed by atoms with Gasteiger partial charge < -0.3 is 24.8 Å². The molecule has 1 N–H and O–H groups in total. The highest BCUT2D eigenvalue weighted by atomic mass is 35.5. The molecular formula is C37H44ClFN8O3. The number of amides is 3. The number of allylic oxidation sites excluding steroid dienone is 1. The molecule has 2 aliphatic carbocycles. The summed E-state index contributed by atoms with van der Waals surface area (Å²) in [5, 5.41) is 13.4. The van der Waals surface area contributed by atoms with Crippen LogP contribution in [0.4, 0.5) is 15.0 Å². The quantitative estimate of drug-likeness (QED) is 0.396. The lowest BCUT2D eigenvalue weighted by atomic mass is 9.70. The normalized spacial score (nSPS) is 26.7. The van der Waals surface area contributed by atoms with E-state index in [1.54, 1.807) is 19.0 Å². The Kier molecular flexibility index (Phi) is 9.24. The Balaban J connectivity index is 1.18. The summed E-state index contributed by atoms with van der Waals surface area (Å²) in [6.45, 7) is 6.18. The van der Waals surface area contributed by atoms with Crippen LogP contribution in [0, 0.1) is 11.3 Å². The van der Waals surface area contributed by atoms with E-state index in [-0.39, 0.29) is 36.0 Å². The monoisotopic (exact) mass is 702 g/mol. The van der Waals surface area contributed by atoms with E-state index in [1.165, 1.54) is 10.5 Å². The van der Waals surface area contributed by atoms with Crippen LogP contribution in [0.2, 0.25) is 5.02 Å². The minimum atomic E-state index is -1.03. The maximum atomic E-state index is 13.9. The number of piperazine rings is 1. The zero-order valence-electron chi connectivity index (χ0n) is 28.8. The van der Waals surface area contributed by atoms with Crippen LogP contribution in [0.1, 0.15) is 60.9 Å². The standard InChI is InChI=1S/C37H44ClFN8O3/c1-24(39)33(48)46-19-18-45(22-26(46)11-16-40)32-28-10-14-36(13-9-27-29(36)6-4-7-30(27)38)20-31(28)42-34(43-32)50-23-37-12-5-17-47(37)25(8-15-37)21-41-35(49)44(2)3/h4,6-7,9,13,25-26H,1,5,8,10-12,14-15,17-23H2,2-3H3,(H,41,49)/t25?,26-,36-,37?/m0/s1. The van der Waals surface area contributed by atoms with Gasteiger partial charge in [0.1, 0.15) is 12.4 Å². The number of carbonyl (C=O) groups is 2. The molecule has 11 nitrogen and oxygen atoms in total. The van der Waals surface area contributed by atoms with Crippen LogP contribution >= 0.6 is 11.6 Å². The van der Waals surface area contributed by atoms with Crippen LogP contribution in [-0.2, 0) is 23.1 Å². The molecule has 13 heteroatoms. The van der Waals surface area contributed by atoms with Gasteiger partial charge in [0.25, 0.3) is 5.91 Å². The Morgan fingerprint density at radius 2 is 2.04 bits per heavy atom. The summed E-state index contributed by atoms with van der Waals surface area (Å²) in [7, 11) is 3.49. The predicted molar refractivity (Wildman–Crippen MR) is 189 cm³/mol. The van der Waals surface area contributed by atoms with Gasteiger partial charge in [0.2, 0.25) is 0 Å². The lowest BCUT2D eigenvalue weighted by Crippen LogP contribution is -2.55. The molecule has 3 fully saturated rings. The molecule has 5 aliphatic rings. The van der Waals surface area contributed by atoms with E-state index in [0.29, 0.717) is 38.7 Å². The average Bonchev–Trinajstić information content (AvgIpc) is 3.78. The summed E-state index contributed by atoms with van der Waals surface area (Å²) in [6, 6.07) is 8.18.